The number of carbonyl (C=O) groups is 1. The molecule has 0 atom stereocenters. The monoisotopic (exact) mass is 402 g/mol. The molecule has 1 fully saturated rings. The lowest BCUT2D eigenvalue weighted by Gasteiger charge is -2.02. The number of para-hydroxylation sites is 1. The van der Waals surface area contributed by atoms with Crippen LogP contribution in [0.1, 0.15) is 5.56 Å². The molecule has 4 rings (SSSR count). The van der Waals surface area contributed by atoms with Crippen molar-refractivity contribution < 1.29 is 14.3 Å². The van der Waals surface area contributed by atoms with Crippen LogP contribution < -0.4 is 14.8 Å². The first kappa shape index (κ1) is 15.3. The number of hydrogen-bond donors (Lipinski definition) is 1. The molecule has 0 unspecified atom stereocenters. The van der Waals surface area contributed by atoms with Crippen LogP contribution in [0.15, 0.2) is 56.8 Å². The van der Waals surface area contributed by atoms with Crippen molar-refractivity contribution >= 4 is 50.5 Å². The van der Waals surface area contributed by atoms with E-state index in [-0.39, 0.29) is 12.7 Å². The van der Waals surface area contributed by atoms with Gasteiger partial charge in [-0.3, -0.25) is 4.79 Å². The lowest BCUT2D eigenvalue weighted by Crippen LogP contribution is -2.19. The molecule has 24 heavy (non-hydrogen) atoms. The molecule has 120 valence electrons. The Morgan fingerprint density at radius 1 is 1.17 bits per heavy atom. The maximum Gasteiger partial charge on any atom is 0.264 e. The van der Waals surface area contributed by atoms with E-state index in [4.69, 9.17) is 9.47 Å². The molecular formula is C17H11BrN2O3S. The number of halogens is 1. The predicted molar refractivity (Wildman–Crippen MR) is 97.5 cm³/mol. The number of rotatable bonds is 2. The summed E-state index contributed by atoms with van der Waals surface area (Å²) < 4.78 is 11.5. The molecule has 1 N–H and O–H groups in total. The number of hydrogen-bond acceptors (Lipinski definition) is 5. The van der Waals surface area contributed by atoms with Crippen molar-refractivity contribution in [3.63, 3.8) is 0 Å². The van der Waals surface area contributed by atoms with E-state index < -0.39 is 0 Å². The number of thioether (sulfide) groups is 1. The number of amides is 1. The van der Waals surface area contributed by atoms with Crippen LogP contribution in [-0.2, 0) is 4.79 Å². The third-order valence-corrected chi connectivity index (χ3v) is 5.01. The van der Waals surface area contributed by atoms with E-state index in [2.05, 4.69) is 26.2 Å². The maximum absolute atomic E-state index is 12.2. The van der Waals surface area contributed by atoms with Crippen molar-refractivity contribution in [3.05, 3.63) is 57.4 Å². The summed E-state index contributed by atoms with van der Waals surface area (Å²) in [5.41, 5.74) is 1.64. The molecule has 0 bridgehead atoms. The first-order valence-corrected chi connectivity index (χ1v) is 8.74. The quantitative estimate of drug-likeness (QED) is 0.769. The van der Waals surface area contributed by atoms with Gasteiger partial charge in [0.05, 0.1) is 10.6 Å². The molecule has 0 spiro atoms. The first-order valence-electron chi connectivity index (χ1n) is 7.13. The first-order chi connectivity index (χ1) is 11.7. The molecule has 2 heterocycles. The fraction of sp³-hybridized carbons (Fsp3) is 0.0588. The summed E-state index contributed by atoms with van der Waals surface area (Å²) in [5.74, 6) is 1.20. The van der Waals surface area contributed by atoms with E-state index in [9.17, 15) is 4.79 Å². The van der Waals surface area contributed by atoms with E-state index in [1.54, 1.807) is 6.08 Å². The average Bonchev–Trinajstić information content (AvgIpc) is 3.15. The minimum Gasteiger partial charge on any atom is -0.454 e. The largest absolute Gasteiger partial charge is 0.454 e. The number of carbonyl (C=O) groups excluding carboxylic acids is 1. The van der Waals surface area contributed by atoms with E-state index in [1.165, 1.54) is 11.8 Å². The number of benzene rings is 2. The Balaban J connectivity index is 1.62. The van der Waals surface area contributed by atoms with Gasteiger partial charge >= 0.3 is 0 Å². The lowest BCUT2D eigenvalue weighted by atomic mass is 10.2. The molecule has 2 aliphatic heterocycles. The van der Waals surface area contributed by atoms with Crippen LogP contribution in [0, 0.1) is 0 Å². The molecule has 5 nitrogen and oxygen atoms in total. The summed E-state index contributed by atoms with van der Waals surface area (Å²) in [6, 6.07) is 13.2. The average molecular weight is 403 g/mol. The highest BCUT2D eigenvalue weighted by atomic mass is 79.9. The number of amidine groups is 1. The zero-order chi connectivity index (χ0) is 16.5. The minimum absolute atomic E-state index is 0.167. The summed E-state index contributed by atoms with van der Waals surface area (Å²) in [6.45, 7) is 0.213. The van der Waals surface area contributed by atoms with Crippen molar-refractivity contribution in [3.8, 4) is 11.5 Å². The Morgan fingerprint density at radius 2 is 1.92 bits per heavy atom. The van der Waals surface area contributed by atoms with Crippen molar-refractivity contribution in [2.24, 2.45) is 4.99 Å². The molecule has 1 saturated heterocycles. The van der Waals surface area contributed by atoms with Gasteiger partial charge in [-0.05, 0) is 47.7 Å². The van der Waals surface area contributed by atoms with Crippen LogP contribution in [0.2, 0.25) is 0 Å². The van der Waals surface area contributed by atoms with Gasteiger partial charge in [0.2, 0.25) is 6.79 Å². The Hall–Kier alpha value is -2.25. The van der Waals surface area contributed by atoms with Crippen molar-refractivity contribution in [2.45, 2.75) is 0 Å². The molecule has 7 heteroatoms. The SMILES string of the molecule is O=C1NC(=Nc2ccccc2)S/C1=C/c1cc2c(cc1Br)OCO2. The van der Waals surface area contributed by atoms with E-state index in [0.29, 0.717) is 21.6 Å². The summed E-state index contributed by atoms with van der Waals surface area (Å²) in [7, 11) is 0. The van der Waals surface area contributed by atoms with Crippen LogP contribution in [0.3, 0.4) is 0 Å². The number of nitrogens with zero attached hydrogens (tertiary/aromatic N) is 1. The maximum atomic E-state index is 12.2. The van der Waals surface area contributed by atoms with E-state index in [0.717, 1.165) is 15.7 Å². The van der Waals surface area contributed by atoms with Crippen LogP contribution >= 0.6 is 27.7 Å². The van der Waals surface area contributed by atoms with Gasteiger partial charge in [-0.1, -0.05) is 34.1 Å². The number of aliphatic imine (C=N–C) groups is 1. The third kappa shape index (κ3) is 3.05. The molecule has 0 radical (unpaired) electrons. The molecular weight excluding hydrogens is 392 g/mol. The predicted octanol–water partition coefficient (Wildman–Crippen LogP) is 4.07. The molecule has 0 aromatic heterocycles. The number of fused-ring (bicyclic) bond motifs is 1. The summed E-state index contributed by atoms with van der Waals surface area (Å²) >= 11 is 4.80. The molecule has 2 aromatic rings. The second-order valence-electron chi connectivity index (χ2n) is 5.04. The van der Waals surface area contributed by atoms with Crippen LogP contribution in [-0.4, -0.2) is 17.9 Å². The second-order valence-corrected chi connectivity index (χ2v) is 6.93. The van der Waals surface area contributed by atoms with Gasteiger partial charge in [-0.2, -0.15) is 0 Å². The van der Waals surface area contributed by atoms with E-state index in [1.807, 2.05) is 42.5 Å². The van der Waals surface area contributed by atoms with Gasteiger partial charge in [0.15, 0.2) is 16.7 Å². The van der Waals surface area contributed by atoms with Crippen molar-refractivity contribution in [1.29, 1.82) is 0 Å². The Bertz CT molecular complexity index is 881. The highest BCUT2D eigenvalue weighted by Crippen LogP contribution is 2.39. The standard InChI is InChI=1S/C17H11BrN2O3S/c18-12-8-14-13(22-9-23-14)6-10(12)7-15-16(21)20-17(24-15)19-11-4-2-1-3-5-11/h1-8H,9H2,(H,19,20,21)/b15-7+. The van der Waals surface area contributed by atoms with Crippen LogP contribution in [0.25, 0.3) is 6.08 Å². The summed E-state index contributed by atoms with van der Waals surface area (Å²) in [4.78, 5) is 17.2. The Morgan fingerprint density at radius 3 is 2.71 bits per heavy atom. The van der Waals surface area contributed by atoms with Gasteiger partial charge in [0.25, 0.3) is 5.91 Å². The fourth-order valence-corrected chi connectivity index (χ4v) is 3.55. The lowest BCUT2D eigenvalue weighted by molar-refractivity contribution is -0.115. The zero-order valence-electron chi connectivity index (χ0n) is 12.3. The third-order valence-electron chi connectivity index (χ3n) is 3.42. The van der Waals surface area contributed by atoms with Gasteiger partial charge in [-0.15, -0.1) is 0 Å². The summed E-state index contributed by atoms with van der Waals surface area (Å²) in [6.07, 6.45) is 1.81. The molecule has 0 saturated carbocycles. The van der Waals surface area contributed by atoms with Crippen LogP contribution in [0.5, 0.6) is 11.5 Å². The molecule has 2 aromatic carbocycles. The molecule has 2 aliphatic rings. The fourth-order valence-electron chi connectivity index (χ4n) is 2.29. The van der Waals surface area contributed by atoms with E-state index >= 15 is 0 Å². The Labute approximate surface area is 150 Å². The van der Waals surface area contributed by atoms with Gasteiger partial charge in [-0.25, -0.2) is 4.99 Å². The smallest absolute Gasteiger partial charge is 0.264 e. The highest BCUT2D eigenvalue weighted by molar-refractivity contribution is 9.10. The second kappa shape index (κ2) is 6.33. The summed E-state index contributed by atoms with van der Waals surface area (Å²) in [5, 5.41) is 3.34. The van der Waals surface area contributed by atoms with Crippen molar-refractivity contribution in [1.82, 2.24) is 5.32 Å². The zero-order valence-corrected chi connectivity index (χ0v) is 14.7. The molecule has 0 aliphatic carbocycles. The number of nitrogens with one attached hydrogen (secondary N) is 1. The van der Waals surface area contributed by atoms with Gasteiger partial charge in [0.1, 0.15) is 0 Å². The Kier molecular flexibility index (Phi) is 4.03. The van der Waals surface area contributed by atoms with Gasteiger partial charge < -0.3 is 14.8 Å². The normalized spacial score (nSPS) is 19.1. The van der Waals surface area contributed by atoms with Gasteiger partial charge in [0, 0.05) is 4.47 Å². The topological polar surface area (TPSA) is 59.9 Å². The minimum atomic E-state index is -0.167. The number of ether oxygens (including phenoxy) is 2. The molecule has 1 amide bonds. The van der Waals surface area contributed by atoms with Crippen LogP contribution in [0.4, 0.5) is 5.69 Å². The van der Waals surface area contributed by atoms with Crippen molar-refractivity contribution in [2.75, 3.05) is 6.79 Å². The highest BCUT2D eigenvalue weighted by Gasteiger charge is 2.25.